The Morgan fingerprint density at radius 1 is 1.04 bits per heavy atom. The summed E-state index contributed by atoms with van der Waals surface area (Å²) < 4.78 is 28.8. The largest absolute Gasteiger partial charge is 0.316 e. The fourth-order valence-corrected chi connectivity index (χ4v) is 4.24. The van der Waals surface area contributed by atoms with Crippen LogP contribution in [0.2, 0.25) is 5.02 Å². The lowest BCUT2D eigenvalue weighted by molar-refractivity contribution is 0.0232. The van der Waals surface area contributed by atoms with Gasteiger partial charge in [0.2, 0.25) is 0 Å². The fourth-order valence-electron chi connectivity index (χ4n) is 2.79. The number of alkyl halides is 2. The van der Waals surface area contributed by atoms with E-state index in [2.05, 4.69) is 5.32 Å². The van der Waals surface area contributed by atoms with Crippen LogP contribution < -0.4 is 5.32 Å². The molecule has 1 heterocycles. The van der Waals surface area contributed by atoms with E-state index in [0.29, 0.717) is 5.02 Å². The smallest absolute Gasteiger partial charge is 0.282 e. The molecule has 2 aromatic carbocycles. The topological polar surface area (TPSA) is 12.0 Å². The zero-order valence-corrected chi connectivity index (χ0v) is 14.2. The summed E-state index contributed by atoms with van der Waals surface area (Å²) >= 11 is 7.47. The van der Waals surface area contributed by atoms with Gasteiger partial charge in [0.1, 0.15) is 0 Å². The fraction of sp³-hybridized carbons (Fsp3) is 0.333. The molecule has 23 heavy (non-hydrogen) atoms. The molecular formula is C18H18ClF2NS. The van der Waals surface area contributed by atoms with Gasteiger partial charge in [0.15, 0.2) is 0 Å². The van der Waals surface area contributed by atoms with Gasteiger partial charge in [-0.05, 0) is 43.1 Å². The Kier molecular flexibility index (Phi) is 5.24. The Morgan fingerprint density at radius 3 is 2.57 bits per heavy atom. The summed E-state index contributed by atoms with van der Waals surface area (Å²) in [6, 6.07) is 11.8. The molecule has 2 aromatic rings. The second-order valence-corrected chi connectivity index (χ2v) is 7.02. The van der Waals surface area contributed by atoms with Crippen LogP contribution in [0.4, 0.5) is 8.78 Å². The van der Waals surface area contributed by atoms with Gasteiger partial charge in [-0.2, -0.15) is 0 Å². The Bertz CT molecular complexity index is 676. The molecule has 1 N–H and O–H groups in total. The van der Waals surface area contributed by atoms with E-state index in [9.17, 15) is 8.78 Å². The SMILES string of the molecule is FC(F)(CSc1c(Cl)ccc2c1CCNCC2)c1ccccc1. The Hall–Kier alpha value is -1.10. The molecule has 122 valence electrons. The highest BCUT2D eigenvalue weighted by molar-refractivity contribution is 7.99. The maximum absolute atomic E-state index is 14.4. The van der Waals surface area contributed by atoms with Gasteiger partial charge in [0, 0.05) is 10.5 Å². The van der Waals surface area contributed by atoms with Crippen molar-refractivity contribution in [1.29, 1.82) is 0 Å². The maximum Gasteiger partial charge on any atom is 0.282 e. The van der Waals surface area contributed by atoms with Gasteiger partial charge in [0.25, 0.3) is 5.92 Å². The molecule has 5 heteroatoms. The number of nitrogens with one attached hydrogen (secondary N) is 1. The van der Waals surface area contributed by atoms with Gasteiger partial charge >= 0.3 is 0 Å². The molecule has 0 atom stereocenters. The molecule has 0 fully saturated rings. The lowest BCUT2D eigenvalue weighted by Crippen LogP contribution is -2.17. The summed E-state index contributed by atoms with van der Waals surface area (Å²) in [6.45, 7) is 1.77. The van der Waals surface area contributed by atoms with Crippen molar-refractivity contribution in [3.63, 3.8) is 0 Å². The van der Waals surface area contributed by atoms with Crippen LogP contribution in [0, 0.1) is 0 Å². The predicted octanol–water partition coefficient (Wildman–Crippen LogP) is 4.91. The van der Waals surface area contributed by atoms with Crippen LogP contribution in [0.15, 0.2) is 47.4 Å². The first-order chi connectivity index (χ1) is 11.1. The van der Waals surface area contributed by atoms with E-state index < -0.39 is 5.92 Å². The lowest BCUT2D eigenvalue weighted by atomic mass is 10.0. The zero-order valence-electron chi connectivity index (χ0n) is 12.6. The molecule has 0 bridgehead atoms. The summed E-state index contributed by atoms with van der Waals surface area (Å²) in [5.41, 5.74) is 2.38. The number of hydrogen-bond donors (Lipinski definition) is 1. The summed E-state index contributed by atoms with van der Waals surface area (Å²) in [7, 11) is 0. The number of rotatable bonds is 4. The van der Waals surface area contributed by atoms with Crippen LogP contribution in [0.3, 0.4) is 0 Å². The van der Waals surface area contributed by atoms with Crippen LogP contribution in [-0.2, 0) is 18.8 Å². The molecule has 0 amide bonds. The number of benzene rings is 2. The molecular weight excluding hydrogens is 336 g/mol. The summed E-state index contributed by atoms with van der Waals surface area (Å²) in [5, 5.41) is 3.91. The molecule has 0 spiro atoms. The third-order valence-electron chi connectivity index (χ3n) is 4.03. The molecule has 0 aliphatic carbocycles. The highest BCUT2D eigenvalue weighted by Gasteiger charge is 2.32. The molecule has 0 aromatic heterocycles. The van der Waals surface area contributed by atoms with E-state index in [4.69, 9.17) is 11.6 Å². The van der Waals surface area contributed by atoms with Crippen molar-refractivity contribution in [1.82, 2.24) is 5.32 Å². The van der Waals surface area contributed by atoms with Gasteiger partial charge in [-0.15, -0.1) is 11.8 Å². The van der Waals surface area contributed by atoms with Crippen molar-refractivity contribution < 1.29 is 8.78 Å². The predicted molar refractivity (Wildman–Crippen MR) is 92.8 cm³/mol. The van der Waals surface area contributed by atoms with Crippen molar-refractivity contribution in [2.75, 3.05) is 18.8 Å². The number of hydrogen-bond acceptors (Lipinski definition) is 2. The van der Waals surface area contributed by atoms with Crippen molar-refractivity contribution in [2.45, 2.75) is 23.7 Å². The molecule has 0 saturated carbocycles. The van der Waals surface area contributed by atoms with Crippen LogP contribution in [-0.4, -0.2) is 18.8 Å². The maximum atomic E-state index is 14.4. The molecule has 3 rings (SSSR count). The van der Waals surface area contributed by atoms with Crippen LogP contribution in [0.1, 0.15) is 16.7 Å². The zero-order chi connectivity index (χ0) is 16.3. The third kappa shape index (κ3) is 3.87. The van der Waals surface area contributed by atoms with E-state index >= 15 is 0 Å². The van der Waals surface area contributed by atoms with Gasteiger partial charge in [-0.3, -0.25) is 0 Å². The van der Waals surface area contributed by atoms with Gasteiger partial charge in [-0.1, -0.05) is 48.0 Å². The van der Waals surface area contributed by atoms with Gasteiger partial charge < -0.3 is 5.32 Å². The average Bonchev–Trinajstić information content (AvgIpc) is 2.80. The van der Waals surface area contributed by atoms with Gasteiger partial charge in [-0.25, -0.2) is 8.78 Å². The first kappa shape index (κ1) is 16.7. The van der Waals surface area contributed by atoms with Crippen LogP contribution >= 0.6 is 23.4 Å². The first-order valence-corrected chi connectivity index (χ1v) is 9.01. The molecule has 0 saturated heterocycles. The monoisotopic (exact) mass is 353 g/mol. The van der Waals surface area contributed by atoms with E-state index in [-0.39, 0.29) is 11.3 Å². The minimum atomic E-state index is -2.87. The van der Waals surface area contributed by atoms with E-state index in [1.54, 1.807) is 18.2 Å². The Morgan fingerprint density at radius 2 is 1.78 bits per heavy atom. The molecule has 0 unspecified atom stereocenters. The quantitative estimate of drug-likeness (QED) is 0.783. The van der Waals surface area contributed by atoms with E-state index in [0.717, 1.165) is 48.2 Å². The highest BCUT2D eigenvalue weighted by atomic mass is 35.5. The highest BCUT2D eigenvalue weighted by Crippen LogP contribution is 2.39. The standard InChI is InChI=1S/C18H18ClF2NS/c19-16-7-6-13-8-10-22-11-9-15(13)17(16)23-12-18(20,21)14-4-2-1-3-5-14/h1-7,22H,8-12H2. The lowest BCUT2D eigenvalue weighted by Gasteiger charge is -2.19. The number of fused-ring (bicyclic) bond motifs is 1. The van der Waals surface area contributed by atoms with Crippen molar-refractivity contribution in [3.05, 3.63) is 64.2 Å². The minimum Gasteiger partial charge on any atom is -0.316 e. The van der Waals surface area contributed by atoms with Crippen molar-refractivity contribution in [2.24, 2.45) is 0 Å². The Balaban J connectivity index is 1.83. The second kappa shape index (κ2) is 7.20. The van der Waals surface area contributed by atoms with Crippen LogP contribution in [0.25, 0.3) is 0 Å². The molecule has 1 aliphatic rings. The van der Waals surface area contributed by atoms with E-state index in [1.165, 1.54) is 17.7 Å². The number of halogens is 3. The third-order valence-corrected chi connectivity index (χ3v) is 5.72. The normalized spacial score (nSPS) is 15.1. The van der Waals surface area contributed by atoms with Gasteiger partial charge in [0.05, 0.1) is 10.8 Å². The summed E-state index contributed by atoms with van der Waals surface area (Å²) in [6.07, 6.45) is 1.74. The summed E-state index contributed by atoms with van der Waals surface area (Å²) in [4.78, 5) is 0.809. The average molecular weight is 354 g/mol. The Labute approximate surface area is 144 Å². The molecule has 1 aliphatic heterocycles. The second-order valence-electron chi connectivity index (χ2n) is 5.62. The molecule has 1 nitrogen and oxygen atoms in total. The number of thioether (sulfide) groups is 1. The van der Waals surface area contributed by atoms with E-state index in [1.807, 2.05) is 12.1 Å². The van der Waals surface area contributed by atoms with Crippen LogP contribution in [0.5, 0.6) is 0 Å². The first-order valence-electron chi connectivity index (χ1n) is 7.65. The van der Waals surface area contributed by atoms with Crippen molar-refractivity contribution >= 4 is 23.4 Å². The van der Waals surface area contributed by atoms with Crippen molar-refractivity contribution in [3.8, 4) is 0 Å². The summed E-state index contributed by atoms with van der Waals surface area (Å²) in [5.74, 6) is -3.18. The minimum absolute atomic E-state index is 0.0484. The molecule has 0 radical (unpaired) electrons.